The van der Waals surface area contributed by atoms with Crippen LogP contribution in [0, 0.1) is 11.3 Å². The lowest BCUT2D eigenvalue weighted by atomic mass is 9.71. The van der Waals surface area contributed by atoms with Crippen molar-refractivity contribution in [3.05, 3.63) is 77.4 Å². The number of amides is 2. The molecule has 0 spiro atoms. The minimum Gasteiger partial charge on any atom is -0.478 e. The number of nitrogens with zero attached hydrogens (tertiary/aromatic N) is 1. The highest BCUT2D eigenvalue weighted by molar-refractivity contribution is 5.90. The normalized spacial score (nSPS) is 21.5. The Kier molecular flexibility index (Phi) is 9.01. The zero-order valence-corrected chi connectivity index (χ0v) is 23.6. The number of urea groups is 1. The molecule has 0 bridgehead atoms. The third-order valence-electron chi connectivity index (χ3n) is 7.61. The number of carbonyl (C=O) groups excluding carboxylic acids is 1. The number of rotatable bonds is 7. The molecule has 2 amide bonds. The van der Waals surface area contributed by atoms with E-state index in [9.17, 15) is 27.2 Å². The monoisotopic (exact) mass is 590 g/mol. The quantitative estimate of drug-likeness (QED) is 0.194. The number of aliphatic carboxylic acids is 1. The first-order chi connectivity index (χ1) is 19.6. The summed E-state index contributed by atoms with van der Waals surface area (Å²) in [7, 11) is 0. The number of anilines is 1. The third-order valence-corrected chi connectivity index (χ3v) is 7.61. The summed E-state index contributed by atoms with van der Waals surface area (Å²) < 4.78 is 63.2. The van der Waals surface area contributed by atoms with Crippen molar-refractivity contribution in [1.82, 2.24) is 4.90 Å². The van der Waals surface area contributed by atoms with Crippen molar-refractivity contribution >= 4 is 23.8 Å². The van der Waals surface area contributed by atoms with Crippen LogP contribution >= 0.6 is 0 Å². The van der Waals surface area contributed by atoms with Crippen LogP contribution in [0.25, 0.3) is 6.08 Å². The predicted molar refractivity (Wildman–Crippen MR) is 149 cm³/mol. The number of carboxylic acid groups (broad SMARTS) is 1. The summed E-state index contributed by atoms with van der Waals surface area (Å²) in [5, 5.41) is 11.3. The van der Waals surface area contributed by atoms with Gasteiger partial charge in [0.05, 0.1) is 5.56 Å². The Balaban J connectivity index is 1.53. The van der Waals surface area contributed by atoms with Crippen LogP contribution in [-0.4, -0.2) is 34.3 Å². The van der Waals surface area contributed by atoms with Gasteiger partial charge in [0.15, 0.2) is 0 Å². The molecule has 2 aromatic rings. The summed E-state index contributed by atoms with van der Waals surface area (Å²) in [6.45, 7) is 6.85. The fourth-order valence-corrected chi connectivity index (χ4v) is 5.33. The van der Waals surface area contributed by atoms with Gasteiger partial charge in [-0.2, -0.15) is 8.78 Å². The lowest BCUT2D eigenvalue weighted by molar-refractivity contribution is -0.461. The first-order valence-corrected chi connectivity index (χ1v) is 13.7. The minimum absolute atomic E-state index is 0.0147. The van der Waals surface area contributed by atoms with Crippen molar-refractivity contribution in [2.75, 3.05) is 5.32 Å². The van der Waals surface area contributed by atoms with Crippen LogP contribution in [0.4, 0.5) is 28.0 Å². The van der Waals surface area contributed by atoms with Crippen molar-refractivity contribution in [2.45, 2.75) is 71.4 Å². The Morgan fingerprint density at radius 1 is 1.02 bits per heavy atom. The van der Waals surface area contributed by atoms with E-state index in [0.29, 0.717) is 5.92 Å². The SMILES string of the molecule is CC(C)(C)C1CCC(N(Cc2ccc(C=CC=CC(=O)O)cc2)C(=O)Nc2ccc3c(c2)C(F)(F)OC(F)(F)O3)CC1. The highest BCUT2D eigenvalue weighted by atomic mass is 19.3. The molecule has 0 aromatic heterocycles. The second kappa shape index (κ2) is 12.2. The number of allylic oxidation sites excluding steroid dienone is 2. The molecule has 2 aliphatic rings. The van der Waals surface area contributed by atoms with Gasteiger partial charge in [0.2, 0.25) is 0 Å². The maximum atomic E-state index is 14.3. The molecule has 1 aliphatic carbocycles. The van der Waals surface area contributed by atoms with Crippen molar-refractivity contribution in [2.24, 2.45) is 11.3 Å². The summed E-state index contributed by atoms with van der Waals surface area (Å²) in [6, 6.07) is 9.83. The molecule has 0 saturated heterocycles. The molecule has 1 fully saturated rings. The Bertz CT molecular complexity index is 1340. The van der Waals surface area contributed by atoms with E-state index in [1.54, 1.807) is 17.1 Å². The van der Waals surface area contributed by atoms with Crippen LogP contribution in [0.2, 0.25) is 0 Å². The number of carboxylic acids is 1. The molecule has 4 rings (SSSR count). The van der Waals surface area contributed by atoms with Gasteiger partial charge in [-0.05, 0) is 66.3 Å². The maximum Gasteiger partial charge on any atom is 0.540 e. The van der Waals surface area contributed by atoms with Crippen molar-refractivity contribution in [3.63, 3.8) is 0 Å². The van der Waals surface area contributed by atoms with Gasteiger partial charge in [0.1, 0.15) is 5.75 Å². The van der Waals surface area contributed by atoms with Crippen LogP contribution < -0.4 is 10.1 Å². The molecule has 11 heteroatoms. The number of halogens is 4. The van der Waals surface area contributed by atoms with E-state index in [-0.39, 0.29) is 23.7 Å². The van der Waals surface area contributed by atoms with E-state index >= 15 is 0 Å². The number of fused-ring (bicyclic) bond motifs is 1. The highest BCUT2D eigenvalue weighted by Gasteiger charge is 2.54. The van der Waals surface area contributed by atoms with Crippen molar-refractivity contribution in [1.29, 1.82) is 0 Å². The average molecular weight is 591 g/mol. The maximum absolute atomic E-state index is 14.3. The molecule has 7 nitrogen and oxygen atoms in total. The molecule has 1 aliphatic heterocycles. The highest BCUT2D eigenvalue weighted by Crippen LogP contribution is 2.47. The zero-order valence-electron chi connectivity index (χ0n) is 23.6. The van der Waals surface area contributed by atoms with Crippen molar-refractivity contribution in [3.8, 4) is 5.75 Å². The number of carbonyl (C=O) groups is 2. The Labute approximate surface area is 241 Å². The Morgan fingerprint density at radius 3 is 2.31 bits per heavy atom. The van der Waals surface area contributed by atoms with Crippen molar-refractivity contribution < 1.29 is 41.7 Å². The Morgan fingerprint density at radius 2 is 1.69 bits per heavy atom. The number of hydrogen-bond acceptors (Lipinski definition) is 4. The predicted octanol–water partition coefficient (Wildman–Crippen LogP) is 7.99. The molecule has 0 atom stereocenters. The van der Waals surface area contributed by atoms with Crippen LogP contribution in [-0.2, 0) is 22.2 Å². The summed E-state index contributed by atoms with van der Waals surface area (Å²) >= 11 is 0. The number of hydrogen-bond donors (Lipinski definition) is 2. The second-order valence-electron chi connectivity index (χ2n) is 11.6. The summed E-state index contributed by atoms with van der Waals surface area (Å²) in [6.07, 6.45) is 0.389. The molecule has 1 heterocycles. The van der Waals surface area contributed by atoms with Gasteiger partial charge in [-0.1, -0.05) is 63.3 Å². The van der Waals surface area contributed by atoms with Crippen LogP contribution in [0.3, 0.4) is 0 Å². The molecule has 2 N–H and O–H groups in total. The van der Waals surface area contributed by atoms with Crippen LogP contribution in [0.15, 0.2) is 60.7 Å². The topological polar surface area (TPSA) is 88.1 Å². The number of benzene rings is 2. The standard InChI is InChI=1S/C31H34F4N2O5/c1-29(2,3)22-12-15-24(16-13-22)37(19-21-10-8-20(9-11-21)6-4-5-7-27(38)39)28(40)36-23-14-17-26-25(18-23)30(32,33)42-31(34,35)41-26/h4-11,14,17-18,22,24H,12-13,15-16,19H2,1-3H3,(H,36,40)(H,38,39). The summed E-state index contributed by atoms with van der Waals surface area (Å²) in [5.74, 6) is -1.28. The average Bonchev–Trinajstić information content (AvgIpc) is 2.89. The molecule has 226 valence electrons. The number of nitrogens with one attached hydrogen (secondary N) is 1. The van der Waals surface area contributed by atoms with Gasteiger partial charge in [-0.15, -0.1) is 8.78 Å². The van der Waals surface area contributed by atoms with Gasteiger partial charge in [0.25, 0.3) is 0 Å². The largest absolute Gasteiger partial charge is 0.540 e. The van der Waals surface area contributed by atoms with Gasteiger partial charge in [-0.25, -0.2) is 14.3 Å². The van der Waals surface area contributed by atoms with Gasteiger partial charge in [-0.3, -0.25) is 0 Å². The lowest BCUT2D eigenvalue weighted by Gasteiger charge is -2.41. The van der Waals surface area contributed by atoms with Crippen LogP contribution in [0.5, 0.6) is 5.75 Å². The first-order valence-electron chi connectivity index (χ1n) is 13.7. The fourth-order valence-electron chi connectivity index (χ4n) is 5.33. The fraction of sp³-hybridized carbons (Fsp3) is 0.419. The van der Waals surface area contributed by atoms with E-state index < -0.39 is 35.7 Å². The number of alkyl halides is 4. The molecule has 0 unspecified atom stereocenters. The summed E-state index contributed by atoms with van der Waals surface area (Å²) in [5.41, 5.74) is 0.878. The van der Waals surface area contributed by atoms with Gasteiger partial charge < -0.3 is 20.1 Å². The first kappa shape index (κ1) is 31.1. The summed E-state index contributed by atoms with van der Waals surface area (Å²) in [4.78, 5) is 25.9. The molecule has 2 aromatic carbocycles. The molecular weight excluding hydrogens is 556 g/mol. The third kappa shape index (κ3) is 7.90. The van der Waals surface area contributed by atoms with E-state index in [0.717, 1.165) is 55.0 Å². The molecule has 42 heavy (non-hydrogen) atoms. The van der Waals surface area contributed by atoms with E-state index in [4.69, 9.17) is 5.11 Å². The zero-order chi connectivity index (χ0) is 30.7. The lowest BCUT2D eigenvalue weighted by Crippen LogP contribution is -2.45. The molecule has 0 radical (unpaired) electrons. The second-order valence-corrected chi connectivity index (χ2v) is 11.6. The Hall–Kier alpha value is -3.86. The molecule has 1 saturated carbocycles. The number of ether oxygens (including phenoxy) is 2. The van der Waals surface area contributed by atoms with E-state index in [2.05, 4.69) is 35.6 Å². The smallest absolute Gasteiger partial charge is 0.478 e. The van der Waals surface area contributed by atoms with Crippen LogP contribution in [0.1, 0.15) is 63.1 Å². The van der Waals surface area contributed by atoms with Gasteiger partial charge in [0, 0.05) is 24.4 Å². The van der Waals surface area contributed by atoms with E-state index in [1.165, 1.54) is 12.1 Å². The molecular formula is C31H34F4N2O5. The van der Waals surface area contributed by atoms with E-state index in [1.807, 2.05) is 24.3 Å². The van der Waals surface area contributed by atoms with Gasteiger partial charge >= 0.3 is 24.4 Å². The minimum atomic E-state index is -4.48.